The maximum atomic E-state index is 14.1. The summed E-state index contributed by atoms with van der Waals surface area (Å²) in [5.74, 6) is -0.689. The van der Waals surface area contributed by atoms with Gasteiger partial charge in [0.05, 0.1) is 17.2 Å². The van der Waals surface area contributed by atoms with E-state index < -0.39 is 10.7 Å². The maximum absolute atomic E-state index is 14.1. The Kier molecular flexibility index (Phi) is 5.03. The monoisotopic (exact) mass is 320 g/mol. The second kappa shape index (κ2) is 6.10. The Hall–Kier alpha value is -1.21. The highest BCUT2D eigenvalue weighted by Gasteiger charge is 2.22. The molecule has 1 N–H and O–H groups in total. The van der Waals surface area contributed by atoms with Crippen molar-refractivity contribution >= 4 is 27.3 Å². The molecular weight excluding hydrogens is 307 g/mol. The molecule has 0 fully saturated rings. The molecule has 5 nitrogen and oxygen atoms in total. The highest BCUT2D eigenvalue weighted by molar-refractivity contribution is 9.10. The lowest BCUT2D eigenvalue weighted by Gasteiger charge is -2.28. The topological polar surface area (TPSA) is 66.6 Å². The molecule has 0 amide bonds. The first-order valence-electron chi connectivity index (χ1n) is 5.40. The van der Waals surface area contributed by atoms with Crippen LogP contribution in [0.4, 0.5) is 15.8 Å². The minimum atomic E-state index is -0.689. The largest absolute Gasteiger partial charge is 0.395 e. The summed E-state index contributed by atoms with van der Waals surface area (Å²) < 4.78 is 13.9. The van der Waals surface area contributed by atoms with Crippen LogP contribution in [0.15, 0.2) is 16.6 Å². The summed E-state index contributed by atoms with van der Waals surface area (Å²) in [4.78, 5) is 11.7. The molecule has 0 radical (unpaired) electrons. The molecule has 0 heterocycles. The van der Waals surface area contributed by atoms with Crippen molar-refractivity contribution in [2.24, 2.45) is 0 Å². The van der Waals surface area contributed by atoms with Crippen LogP contribution in [0, 0.1) is 15.9 Å². The summed E-state index contributed by atoms with van der Waals surface area (Å²) in [5, 5.41) is 19.6. The molecular formula is C11H14BrFN2O3. The van der Waals surface area contributed by atoms with Gasteiger partial charge < -0.3 is 10.0 Å². The van der Waals surface area contributed by atoms with E-state index in [-0.39, 0.29) is 35.0 Å². The zero-order chi connectivity index (χ0) is 13.9. The van der Waals surface area contributed by atoms with Crippen LogP contribution in [-0.2, 0) is 0 Å². The number of benzene rings is 1. The predicted molar refractivity (Wildman–Crippen MR) is 70.3 cm³/mol. The van der Waals surface area contributed by atoms with E-state index in [1.807, 2.05) is 13.8 Å². The summed E-state index contributed by atoms with van der Waals surface area (Å²) in [6, 6.07) is 2.57. The van der Waals surface area contributed by atoms with E-state index in [1.165, 1.54) is 12.1 Å². The number of nitro benzene ring substituents is 1. The fourth-order valence-electron chi connectivity index (χ4n) is 1.66. The number of aliphatic hydroxyl groups excluding tert-OH is 1. The lowest BCUT2D eigenvalue weighted by molar-refractivity contribution is -0.385. The van der Waals surface area contributed by atoms with Crippen LogP contribution < -0.4 is 4.90 Å². The molecule has 0 saturated carbocycles. The number of halogens is 2. The molecule has 0 aliphatic rings. The van der Waals surface area contributed by atoms with E-state index in [1.54, 1.807) is 4.90 Å². The minimum Gasteiger partial charge on any atom is -0.395 e. The van der Waals surface area contributed by atoms with Gasteiger partial charge in [-0.2, -0.15) is 0 Å². The summed E-state index contributed by atoms with van der Waals surface area (Å²) in [6.45, 7) is 3.85. The van der Waals surface area contributed by atoms with E-state index in [9.17, 15) is 14.5 Å². The lowest BCUT2D eigenvalue weighted by atomic mass is 10.2. The van der Waals surface area contributed by atoms with Gasteiger partial charge >= 0.3 is 0 Å². The van der Waals surface area contributed by atoms with Gasteiger partial charge in [0.15, 0.2) is 5.82 Å². The van der Waals surface area contributed by atoms with Gasteiger partial charge in [-0.15, -0.1) is 0 Å². The van der Waals surface area contributed by atoms with Gasteiger partial charge in [0.2, 0.25) is 0 Å². The molecule has 0 saturated heterocycles. The van der Waals surface area contributed by atoms with Gasteiger partial charge in [-0.05, 0) is 35.8 Å². The Morgan fingerprint density at radius 3 is 2.61 bits per heavy atom. The van der Waals surface area contributed by atoms with Crippen molar-refractivity contribution < 1.29 is 14.4 Å². The number of anilines is 1. The quantitative estimate of drug-likeness (QED) is 0.669. The Balaban J connectivity index is 3.25. The first kappa shape index (κ1) is 14.8. The number of nitrogens with zero attached hydrogens (tertiary/aromatic N) is 2. The van der Waals surface area contributed by atoms with Crippen molar-refractivity contribution in [3.05, 3.63) is 32.5 Å². The van der Waals surface area contributed by atoms with Crippen molar-refractivity contribution in [1.82, 2.24) is 0 Å². The van der Waals surface area contributed by atoms with Gasteiger partial charge in [-0.25, -0.2) is 4.39 Å². The normalized spacial score (nSPS) is 10.8. The zero-order valence-electron chi connectivity index (χ0n) is 10.1. The lowest BCUT2D eigenvalue weighted by Crippen LogP contribution is -2.34. The van der Waals surface area contributed by atoms with Crippen molar-refractivity contribution in [3.63, 3.8) is 0 Å². The summed E-state index contributed by atoms with van der Waals surface area (Å²) in [5.41, 5.74) is -0.0829. The molecule has 0 atom stereocenters. The van der Waals surface area contributed by atoms with Crippen LogP contribution in [-0.4, -0.2) is 29.2 Å². The smallest absolute Gasteiger partial charge is 0.286 e. The molecule has 100 valence electrons. The summed E-state index contributed by atoms with van der Waals surface area (Å²) in [7, 11) is 0. The van der Waals surface area contributed by atoms with Crippen molar-refractivity contribution in [1.29, 1.82) is 0 Å². The number of nitro groups is 1. The minimum absolute atomic E-state index is 0.0278. The van der Waals surface area contributed by atoms with E-state index in [0.717, 1.165) is 0 Å². The van der Waals surface area contributed by atoms with Crippen LogP contribution >= 0.6 is 15.9 Å². The third-order valence-electron chi connectivity index (χ3n) is 2.51. The molecule has 0 aliphatic heterocycles. The van der Waals surface area contributed by atoms with Crippen molar-refractivity contribution in [2.75, 3.05) is 18.1 Å². The average molecular weight is 321 g/mol. The van der Waals surface area contributed by atoms with E-state index in [2.05, 4.69) is 15.9 Å². The fourth-order valence-corrected chi connectivity index (χ4v) is 2.14. The molecule has 1 aromatic carbocycles. The van der Waals surface area contributed by atoms with Crippen LogP contribution in [0.25, 0.3) is 0 Å². The van der Waals surface area contributed by atoms with Gasteiger partial charge in [-0.3, -0.25) is 10.1 Å². The van der Waals surface area contributed by atoms with E-state index >= 15 is 0 Å². The number of hydrogen-bond donors (Lipinski definition) is 1. The Labute approximate surface area is 112 Å². The van der Waals surface area contributed by atoms with E-state index in [0.29, 0.717) is 0 Å². The van der Waals surface area contributed by atoms with Crippen molar-refractivity contribution in [3.8, 4) is 0 Å². The maximum Gasteiger partial charge on any atom is 0.286 e. The number of hydrogen-bond acceptors (Lipinski definition) is 4. The SMILES string of the molecule is CC(C)N(CCO)c1ccc([N+](=O)[O-])c(Br)c1F. The summed E-state index contributed by atoms with van der Waals surface area (Å²) >= 11 is 2.89. The second-order valence-electron chi connectivity index (χ2n) is 4.00. The van der Waals surface area contributed by atoms with Gasteiger partial charge in [0.1, 0.15) is 4.47 Å². The molecule has 0 spiro atoms. The van der Waals surface area contributed by atoms with Crippen LogP contribution in [0.1, 0.15) is 13.8 Å². The van der Waals surface area contributed by atoms with E-state index in [4.69, 9.17) is 5.11 Å². The molecule has 18 heavy (non-hydrogen) atoms. The molecule has 0 aromatic heterocycles. The number of aliphatic hydroxyl groups is 1. The second-order valence-corrected chi connectivity index (χ2v) is 4.79. The molecule has 1 aromatic rings. The van der Waals surface area contributed by atoms with Crippen LogP contribution in [0.2, 0.25) is 0 Å². The van der Waals surface area contributed by atoms with Gasteiger partial charge in [-0.1, -0.05) is 0 Å². The molecule has 0 bridgehead atoms. The highest BCUT2D eigenvalue weighted by atomic mass is 79.9. The van der Waals surface area contributed by atoms with Gasteiger partial charge in [0.25, 0.3) is 5.69 Å². The summed E-state index contributed by atoms with van der Waals surface area (Å²) in [6.07, 6.45) is 0. The Bertz CT molecular complexity index is 454. The van der Waals surface area contributed by atoms with Crippen LogP contribution in [0.5, 0.6) is 0 Å². The Morgan fingerprint density at radius 1 is 1.56 bits per heavy atom. The molecule has 0 aliphatic carbocycles. The predicted octanol–water partition coefficient (Wildman–Crippen LogP) is 2.70. The number of rotatable bonds is 5. The Morgan fingerprint density at radius 2 is 2.17 bits per heavy atom. The first-order chi connectivity index (χ1) is 8.40. The van der Waals surface area contributed by atoms with Gasteiger partial charge in [0, 0.05) is 18.7 Å². The standard InChI is InChI=1S/C11H14BrFN2O3/c1-7(2)14(5-6-16)9-4-3-8(15(17)18)10(12)11(9)13/h3-4,7,16H,5-6H2,1-2H3. The average Bonchev–Trinajstić information content (AvgIpc) is 2.29. The fraction of sp³-hybridized carbons (Fsp3) is 0.455. The zero-order valence-corrected chi connectivity index (χ0v) is 11.6. The molecule has 0 unspecified atom stereocenters. The van der Waals surface area contributed by atoms with Crippen molar-refractivity contribution in [2.45, 2.75) is 19.9 Å². The third-order valence-corrected chi connectivity index (χ3v) is 3.27. The first-order valence-corrected chi connectivity index (χ1v) is 6.19. The molecule has 7 heteroatoms. The third kappa shape index (κ3) is 2.97. The van der Waals surface area contributed by atoms with Crippen LogP contribution in [0.3, 0.4) is 0 Å². The molecule has 1 rings (SSSR count). The highest BCUT2D eigenvalue weighted by Crippen LogP contribution is 2.34.